The van der Waals surface area contributed by atoms with Crippen molar-refractivity contribution in [3.8, 4) is 5.75 Å². The first-order chi connectivity index (χ1) is 15.8. The third-order valence-electron chi connectivity index (χ3n) is 5.36. The van der Waals surface area contributed by atoms with Crippen molar-refractivity contribution >= 4 is 29.4 Å². The van der Waals surface area contributed by atoms with E-state index in [2.05, 4.69) is 5.32 Å². The number of hydrogen-bond donors (Lipinski definition) is 3. The van der Waals surface area contributed by atoms with Crippen molar-refractivity contribution in [2.24, 2.45) is 0 Å². The zero-order chi connectivity index (χ0) is 23.5. The van der Waals surface area contributed by atoms with Crippen LogP contribution in [0.5, 0.6) is 5.75 Å². The Morgan fingerprint density at radius 2 is 1.58 bits per heavy atom. The Hall–Kier alpha value is -4.46. The SMILES string of the molecule is O=C(O)Cc1ccc(O)c(NC(=O)c2ccc3c(c2)C(=O)N(CCc2ccccc2)C3=O)c1. The smallest absolute Gasteiger partial charge is 0.307 e. The topological polar surface area (TPSA) is 124 Å². The van der Waals surface area contributed by atoms with Gasteiger partial charge in [0.25, 0.3) is 17.7 Å². The van der Waals surface area contributed by atoms with Crippen LogP contribution in [0.1, 0.15) is 42.2 Å². The molecule has 0 fully saturated rings. The maximum Gasteiger partial charge on any atom is 0.307 e. The molecule has 3 aromatic carbocycles. The molecule has 0 saturated heterocycles. The van der Waals surface area contributed by atoms with E-state index in [9.17, 15) is 24.3 Å². The van der Waals surface area contributed by atoms with Crippen LogP contribution in [-0.4, -0.2) is 45.3 Å². The summed E-state index contributed by atoms with van der Waals surface area (Å²) in [5, 5.41) is 21.5. The normalized spacial score (nSPS) is 12.5. The fourth-order valence-corrected chi connectivity index (χ4v) is 3.68. The van der Waals surface area contributed by atoms with E-state index in [0.717, 1.165) is 5.56 Å². The largest absolute Gasteiger partial charge is 0.506 e. The summed E-state index contributed by atoms with van der Waals surface area (Å²) in [4.78, 5) is 50.3. The molecular formula is C25H20N2O6. The van der Waals surface area contributed by atoms with Gasteiger partial charge in [0.2, 0.25) is 0 Å². The molecule has 0 bridgehead atoms. The van der Waals surface area contributed by atoms with Gasteiger partial charge in [-0.1, -0.05) is 36.4 Å². The predicted molar refractivity (Wildman–Crippen MR) is 119 cm³/mol. The standard InChI is InChI=1S/C25H20N2O6/c28-21-9-6-16(13-22(29)30)12-20(21)26-23(31)17-7-8-18-19(14-17)25(33)27(24(18)32)11-10-15-4-2-1-3-5-15/h1-9,12,14,28H,10-11,13H2,(H,26,31)(H,29,30). The number of phenols is 1. The molecule has 0 spiro atoms. The third-order valence-corrected chi connectivity index (χ3v) is 5.36. The van der Waals surface area contributed by atoms with Crippen molar-refractivity contribution in [3.05, 3.63) is 94.5 Å². The minimum absolute atomic E-state index is 0.0474. The predicted octanol–water partition coefficient (Wildman–Crippen LogP) is 3.11. The maximum atomic E-state index is 12.8. The van der Waals surface area contributed by atoms with Gasteiger partial charge in [0.1, 0.15) is 5.75 Å². The molecule has 1 aliphatic heterocycles. The summed E-state index contributed by atoms with van der Waals surface area (Å²) in [7, 11) is 0. The molecule has 0 saturated carbocycles. The number of carboxylic acid groups (broad SMARTS) is 1. The zero-order valence-electron chi connectivity index (χ0n) is 17.4. The third kappa shape index (κ3) is 4.59. The quantitative estimate of drug-likeness (QED) is 0.380. The van der Waals surface area contributed by atoms with Gasteiger partial charge in [-0.3, -0.25) is 24.1 Å². The van der Waals surface area contributed by atoms with Crippen LogP contribution in [0, 0.1) is 0 Å². The molecule has 3 N–H and O–H groups in total. The van der Waals surface area contributed by atoms with Crippen LogP contribution in [0.4, 0.5) is 5.69 Å². The summed E-state index contributed by atoms with van der Waals surface area (Å²) in [5.41, 5.74) is 1.95. The highest BCUT2D eigenvalue weighted by Gasteiger charge is 2.35. The Morgan fingerprint density at radius 3 is 2.30 bits per heavy atom. The molecule has 1 aliphatic rings. The number of rotatable bonds is 7. The molecular weight excluding hydrogens is 424 g/mol. The number of anilines is 1. The minimum atomic E-state index is -1.04. The van der Waals surface area contributed by atoms with E-state index in [0.29, 0.717) is 12.0 Å². The number of aliphatic carboxylic acids is 1. The van der Waals surface area contributed by atoms with Crippen molar-refractivity contribution in [1.82, 2.24) is 4.90 Å². The molecule has 3 aromatic rings. The number of nitrogens with one attached hydrogen (secondary N) is 1. The van der Waals surface area contributed by atoms with Crippen molar-refractivity contribution in [3.63, 3.8) is 0 Å². The van der Waals surface area contributed by atoms with E-state index < -0.39 is 23.7 Å². The summed E-state index contributed by atoms with van der Waals surface area (Å²) >= 11 is 0. The first kappa shape index (κ1) is 21.8. The van der Waals surface area contributed by atoms with Crippen molar-refractivity contribution in [2.75, 3.05) is 11.9 Å². The van der Waals surface area contributed by atoms with Gasteiger partial charge in [-0.25, -0.2) is 0 Å². The number of phenolic OH excluding ortho intramolecular Hbond substituents is 1. The maximum absolute atomic E-state index is 12.8. The molecule has 3 amide bonds. The molecule has 8 nitrogen and oxygen atoms in total. The molecule has 0 radical (unpaired) electrons. The number of imide groups is 1. The Bertz CT molecular complexity index is 1270. The lowest BCUT2D eigenvalue weighted by Gasteiger charge is -2.13. The number of carboxylic acids is 1. The van der Waals surface area contributed by atoms with E-state index >= 15 is 0 Å². The minimum Gasteiger partial charge on any atom is -0.506 e. The lowest BCUT2D eigenvalue weighted by atomic mass is 10.0. The second-order valence-electron chi connectivity index (χ2n) is 7.63. The number of amides is 3. The molecule has 0 atom stereocenters. The van der Waals surface area contributed by atoms with Gasteiger partial charge in [0, 0.05) is 12.1 Å². The van der Waals surface area contributed by atoms with Gasteiger partial charge in [-0.2, -0.15) is 0 Å². The Labute approximate surface area is 189 Å². The van der Waals surface area contributed by atoms with Crippen LogP contribution in [0.15, 0.2) is 66.7 Å². The summed E-state index contributed by atoms with van der Waals surface area (Å²) in [6.07, 6.45) is 0.253. The van der Waals surface area contributed by atoms with Crippen molar-refractivity contribution < 1.29 is 29.4 Å². The highest BCUT2D eigenvalue weighted by atomic mass is 16.4. The average molecular weight is 444 g/mol. The second kappa shape index (κ2) is 8.96. The van der Waals surface area contributed by atoms with Gasteiger partial charge in [-0.15, -0.1) is 0 Å². The number of carbonyl (C=O) groups excluding carboxylic acids is 3. The van der Waals surface area contributed by atoms with Gasteiger partial charge in [-0.05, 0) is 47.9 Å². The molecule has 0 unspecified atom stereocenters. The number of carbonyl (C=O) groups is 4. The van der Waals surface area contributed by atoms with E-state index in [-0.39, 0.29) is 41.1 Å². The summed E-state index contributed by atoms with van der Waals surface area (Å²) in [6.45, 7) is 0.224. The van der Waals surface area contributed by atoms with Crippen molar-refractivity contribution in [2.45, 2.75) is 12.8 Å². The van der Waals surface area contributed by atoms with Crippen LogP contribution in [-0.2, 0) is 17.6 Å². The average Bonchev–Trinajstić information content (AvgIpc) is 3.04. The Balaban J connectivity index is 1.51. The van der Waals surface area contributed by atoms with Crippen LogP contribution in [0.25, 0.3) is 0 Å². The van der Waals surface area contributed by atoms with Gasteiger partial charge >= 0.3 is 5.97 Å². The molecule has 0 aliphatic carbocycles. The molecule has 33 heavy (non-hydrogen) atoms. The molecule has 0 aromatic heterocycles. The Morgan fingerprint density at radius 1 is 0.848 bits per heavy atom. The number of fused-ring (bicyclic) bond motifs is 1. The zero-order valence-corrected chi connectivity index (χ0v) is 17.4. The second-order valence-corrected chi connectivity index (χ2v) is 7.63. The Kier molecular flexibility index (Phi) is 5.91. The highest BCUT2D eigenvalue weighted by molar-refractivity contribution is 6.22. The van der Waals surface area contributed by atoms with E-state index in [4.69, 9.17) is 5.11 Å². The van der Waals surface area contributed by atoms with E-state index in [1.807, 2.05) is 30.3 Å². The number of hydrogen-bond acceptors (Lipinski definition) is 5. The molecule has 4 rings (SSSR count). The number of benzene rings is 3. The first-order valence-electron chi connectivity index (χ1n) is 10.2. The van der Waals surface area contributed by atoms with Gasteiger partial charge in [0.05, 0.1) is 23.2 Å². The molecule has 8 heteroatoms. The molecule has 1 heterocycles. The van der Waals surface area contributed by atoms with E-state index in [1.165, 1.54) is 41.3 Å². The number of aromatic hydroxyl groups is 1. The first-order valence-corrected chi connectivity index (χ1v) is 10.2. The molecule has 166 valence electrons. The lowest BCUT2D eigenvalue weighted by molar-refractivity contribution is -0.136. The van der Waals surface area contributed by atoms with Crippen molar-refractivity contribution in [1.29, 1.82) is 0 Å². The van der Waals surface area contributed by atoms with Crippen LogP contribution in [0.2, 0.25) is 0 Å². The summed E-state index contributed by atoms with van der Waals surface area (Å²) < 4.78 is 0. The highest BCUT2D eigenvalue weighted by Crippen LogP contribution is 2.27. The monoisotopic (exact) mass is 444 g/mol. The number of nitrogens with zero attached hydrogens (tertiary/aromatic N) is 1. The fraction of sp³-hybridized carbons (Fsp3) is 0.120. The summed E-state index contributed by atoms with van der Waals surface area (Å²) in [6, 6.07) is 17.8. The van der Waals surface area contributed by atoms with Crippen LogP contribution < -0.4 is 5.32 Å². The van der Waals surface area contributed by atoms with E-state index in [1.54, 1.807) is 0 Å². The van der Waals surface area contributed by atoms with Crippen LogP contribution in [0.3, 0.4) is 0 Å². The summed E-state index contributed by atoms with van der Waals surface area (Å²) in [5.74, 6) is -2.75. The van der Waals surface area contributed by atoms with Gasteiger partial charge < -0.3 is 15.5 Å². The van der Waals surface area contributed by atoms with Crippen LogP contribution >= 0.6 is 0 Å². The fourth-order valence-electron chi connectivity index (χ4n) is 3.68. The lowest BCUT2D eigenvalue weighted by Crippen LogP contribution is -2.31. The van der Waals surface area contributed by atoms with Gasteiger partial charge in [0.15, 0.2) is 0 Å².